The molecule has 0 aliphatic heterocycles. The number of hydrogen-bond donors (Lipinski definition) is 1. The maximum atomic E-state index is 5.97. The average Bonchev–Trinajstić information content (AvgIpc) is 2.59. The largest absolute Gasteiger partial charge is 0.325 e. The van der Waals surface area contributed by atoms with Gasteiger partial charge in [0.1, 0.15) is 0 Å². The summed E-state index contributed by atoms with van der Waals surface area (Å²) in [6.45, 7) is 2.42. The minimum absolute atomic E-state index is 0.382. The van der Waals surface area contributed by atoms with Crippen LogP contribution in [-0.2, 0) is 6.54 Å². The van der Waals surface area contributed by atoms with E-state index < -0.39 is 0 Å². The van der Waals surface area contributed by atoms with Crippen LogP contribution in [0.4, 0.5) is 0 Å². The van der Waals surface area contributed by atoms with E-state index in [1.165, 1.54) is 5.56 Å². The molecule has 0 aliphatic carbocycles. The highest BCUT2D eigenvalue weighted by Gasteiger charge is 2.08. The van der Waals surface area contributed by atoms with Crippen molar-refractivity contribution in [3.8, 4) is 5.69 Å². The molecule has 0 radical (unpaired) electrons. The van der Waals surface area contributed by atoms with Crippen molar-refractivity contribution in [2.24, 2.45) is 5.73 Å². The third-order valence-corrected chi connectivity index (χ3v) is 2.57. The van der Waals surface area contributed by atoms with Crippen LogP contribution in [0.2, 0.25) is 5.02 Å². The van der Waals surface area contributed by atoms with Crippen molar-refractivity contribution in [1.82, 2.24) is 9.78 Å². The Morgan fingerprint density at radius 3 is 2.93 bits per heavy atom. The molecule has 0 fully saturated rings. The fourth-order valence-corrected chi connectivity index (χ4v) is 1.72. The SMILES string of the molecule is Cc1cccc(-n2ncc(Cl)c2CN)c1. The fraction of sp³-hybridized carbons (Fsp3) is 0.182. The normalized spacial score (nSPS) is 10.6. The number of aryl methyl sites for hydroxylation is 1. The Kier molecular flexibility index (Phi) is 2.75. The maximum Gasteiger partial charge on any atom is 0.0835 e. The third-order valence-electron chi connectivity index (χ3n) is 2.26. The summed E-state index contributed by atoms with van der Waals surface area (Å²) in [5.41, 5.74) is 8.63. The summed E-state index contributed by atoms with van der Waals surface area (Å²) in [5, 5.41) is 4.81. The Morgan fingerprint density at radius 1 is 1.47 bits per heavy atom. The first-order chi connectivity index (χ1) is 7.22. The van der Waals surface area contributed by atoms with E-state index in [0.717, 1.165) is 11.4 Å². The van der Waals surface area contributed by atoms with E-state index >= 15 is 0 Å². The molecular weight excluding hydrogens is 210 g/mol. The minimum Gasteiger partial charge on any atom is -0.325 e. The van der Waals surface area contributed by atoms with Gasteiger partial charge in [-0.1, -0.05) is 23.7 Å². The monoisotopic (exact) mass is 221 g/mol. The first kappa shape index (κ1) is 10.2. The van der Waals surface area contributed by atoms with Gasteiger partial charge in [0.15, 0.2) is 0 Å². The number of rotatable bonds is 2. The summed E-state index contributed by atoms with van der Waals surface area (Å²) in [5.74, 6) is 0. The first-order valence-corrected chi connectivity index (χ1v) is 5.09. The quantitative estimate of drug-likeness (QED) is 0.846. The molecule has 15 heavy (non-hydrogen) atoms. The number of hydrogen-bond acceptors (Lipinski definition) is 2. The van der Waals surface area contributed by atoms with Crippen LogP contribution in [-0.4, -0.2) is 9.78 Å². The van der Waals surface area contributed by atoms with Crippen molar-refractivity contribution in [2.75, 3.05) is 0 Å². The Labute approximate surface area is 93.5 Å². The number of nitrogens with two attached hydrogens (primary N) is 1. The molecule has 1 aromatic carbocycles. The molecule has 0 saturated carbocycles. The average molecular weight is 222 g/mol. The van der Waals surface area contributed by atoms with Gasteiger partial charge in [0, 0.05) is 6.54 Å². The van der Waals surface area contributed by atoms with E-state index in [2.05, 4.69) is 5.10 Å². The van der Waals surface area contributed by atoms with E-state index in [1.807, 2.05) is 31.2 Å². The predicted molar refractivity (Wildman–Crippen MR) is 61.2 cm³/mol. The van der Waals surface area contributed by atoms with Crippen LogP contribution < -0.4 is 5.73 Å². The molecule has 0 aliphatic rings. The lowest BCUT2D eigenvalue weighted by Gasteiger charge is -2.06. The van der Waals surface area contributed by atoms with Crippen molar-refractivity contribution in [3.05, 3.63) is 46.7 Å². The summed E-state index contributed by atoms with van der Waals surface area (Å²) in [7, 11) is 0. The van der Waals surface area contributed by atoms with Gasteiger partial charge in [0.2, 0.25) is 0 Å². The second-order valence-corrected chi connectivity index (χ2v) is 3.80. The molecule has 4 heteroatoms. The highest BCUT2D eigenvalue weighted by atomic mass is 35.5. The molecule has 2 N–H and O–H groups in total. The van der Waals surface area contributed by atoms with Gasteiger partial charge in [0.25, 0.3) is 0 Å². The van der Waals surface area contributed by atoms with E-state index in [9.17, 15) is 0 Å². The molecule has 0 saturated heterocycles. The van der Waals surface area contributed by atoms with Crippen LogP contribution in [0.25, 0.3) is 5.69 Å². The number of halogens is 1. The molecule has 1 aromatic heterocycles. The Hall–Kier alpha value is -1.32. The molecule has 0 spiro atoms. The maximum absolute atomic E-state index is 5.97. The molecule has 2 aromatic rings. The highest BCUT2D eigenvalue weighted by molar-refractivity contribution is 6.31. The lowest BCUT2D eigenvalue weighted by molar-refractivity contribution is 0.803. The summed E-state index contributed by atoms with van der Waals surface area (Å²) in [6.07, 6.45) is 1.62. The molecule has 2 rings (SSSR count). The molecule has 78 valence electrons. The summed E-state index contributed by atoms with van der Waals surface area (Å²) < 4.78 is 1.77. The van der Waals surface area contributed by atoms with Crippen molar-refractivity contribution < 1.29 is 0 Å². The zero-order chi connectivity index (χ0) is 10.8. The Morgan fingerprint density at radius 2 is 2.27 bits per heavy atom. The van der Waals surface area contributed by atoms with Crippen LogP contribution >= 0.6 is 11.6 Å². The van der Waals surface area contributed by atoms with Crippen molar-refractivity contribution in [1.29, 1.82) is 0 Å². The fourth-order valence-electron chi connectivity index (χ4n) is 1.52. The Bertz CT molecular complexity index is 476. The van der Waals surface area contributed by atoms with Crippen molar-refractivity contribution >= 4 is 11.6 Å². The van der Waals surface area contributed by atoms with Crippen LogP contribution in [0.5, 0.6) is 0 Å². The third kappa shape index (κ3) is 1.89. The molecule has 0 bridgehead atoms. The molecule has 0 unspecified atom stereocenters. The van der Waals surface area contributed by atoms with Gasteiger partial charge >= 0.3 is 0 Å². The van der Waals surface area contributed by atoms with Gasteiger partial charge < -0.3 is 5.73 Å². The Balaban J connectivity index is 2.54. The molecule has 3 nitrogen and oxygen atoms in total. The van der Waals surface area contributed by atoms with E-state index in [1.54, 1.807) is 10.9 Å². The van der Waals surface area contributed by atoms with E-state index in [-0.39, 0.29) is 0 Å². The number of nitrogens with zero attached hydrogens (tertiary/aromatic N) is 2. The predicted octanol–water partition coefficient (Wildman–Crippen LogP) is 2.29. The second kappa shape index (κ2) is 4.04. The van der Waals surface area contributed by atoms with Gasteiger partial charge in [-0.05, 0) is 24.6 Å². The van der Waals surface area contributed by atoms with Gasteiger partial charge in [-0.25, -0.2) is 4.68 Å². The van der Waals surface area contributed by atoms with Gasteiger partial charge in [-0.2, -0.15) is 5.10 Å². The molecular formula is C11H12ClN3. The van der Waals surface area contributed by atoms with Gasteiger partial charge in [-0.15, -0.1) is 0 Å². The minimum atomic E-state index is 0.382. The molecule has 0 atom stereocenters. The van der Waals surface area contributed by atoms with E-state index in [4.69, 9.17) is 17.3 Å². The highest BCUT2D eigenvalue weighted by Crippen LogP contribution is 2.19. The zero-order valence-corrected chi connectivity index (χ0v) is 9.20. The zero-order valence-electron chi connectivity index (χ0n) is 8.44. The van der Waals surface area contributed by atoms with Crippen molar-refractivity contribution in [2.45, 2.75) is 13.5 Å². The smallest absolute Gasteiger partial charge is 0.0835 e. The lowest BCUT2D eigenvalue weighted by atomic mass is 10.2. The topological polar surface area (TPSA) is 43.8 Å². The van der Waals surface area contributed by atoms with E-state index in [0.29, 0.717) is 11.6 Å². The van der Waals surface area contributed by atoms with Gasteiger partial charge in [0.05, 0.1) is 22.6 Å². The summed E-state index contributed by atoms with van der Waals surface area (Å²) in [4.78, 5) is 0. The summed E-state index contributed by atoms with van der Waals surface area (Å²) in [6, 6.07) is 8.05. The first-order valence-electron chi connectivity index (χ1n) is 4.72. The standard InChI is InChI=1S/C11H12ClN3/c1-8-3-2-4-9(5-8)15-11(6-13)10(12)7-14-15/h2-5,7H,6,13H2,1H3. The van der Waals surface area contributed by atoms with Crippen molar-refractivity contribution in [3.63, 3.8) is 0 Å². The molecule has 0 amide bonds. The summed E-state index contributed by atoms with van der Waals surface area (Å²) >= 11 is 5.97. The van der Waals surface area contributed by atoms with Crippen LogP contribution in [0.1, 0.15) is 11.3 Å². The van der Waals surface area contributed by atoms with Crippen LogP contribution in [0.15, 0.2) is 30.5 Å². The number of aromatic nitrogens is 2. The number of benzene rings is 1. The second-order valence-electron chi connectivity index (χ2n) is 3.39. The van der Waals surface area contributed by atoms with Crippen LogP contribution in [0.3, 0.4) is 0 Å². The lowest BCUT2D eigenvalue weighted by Crippen LogP contribution is -2.07. The molecule has 1 heterocycles. The van der Waals surface area contributed by atoms with Gasteiger partial charge in [-0.3, -0.25) is 0 Å². The van der Waals surface area contributed by atoms with Crippen LogP contribution in [0, 0.1) is 6.92 Å².